The number of carboxylic acid groups (broad SMARTS) is 1. The van der Waals surface area contributed by atoms with Crippen molar-refractivity contribution in [3.8, 4) is 28.2 Å². The van der Waals surface area contributed by atoms with E-state index in [2.05, 4.69) is 26.5 Å². The first-order chi connectivity index (χ1) is 16.5. The minimum Gasteiger partial charge on any atom is -0.478 e. The lowest BCUT2D eigenvalue weighted by molar-refractivity contribution is 0.0698. The number of aromatic nitrogens is 4. The SMILES string of the molecule is Cc1nc2cccc(C(=O)O)c2n1-c1ccc(-c2ccccc2-c2nsc(=O)[nH]2)c(C2CC2)c1. The zero-order valence-corrected chi connectivity index (χ0v) is 19.1. The normalized spacial score (nSPS) is 13.4. The fourth-order valence-electron chi connectivity index (χ4n) is 4.67. The molecule has 3 aromatic carbocycles. The minimum atomic E-state index is -0.975. The van der Waals surface area contributed by atoms with Crippen LogP contribution in [0.2, 0.25) is 0 Å². The lowest BCUT2D eigenvalue weighted by Crippen LogP contribution is -2.04. The number of H-pyrrole nitrogens is 1. The van der Waals surface area contributed by atoms with Gasteiger partial charge in [0, 0.05) is 22.8 Å². The Kier molecular flexibility index (Phi) is 4.70. The first-order valence-corrected chi connectivity index (χ1v) is 11.8. The molecular formula is C26H20N4O3S. The van der Waals surface area contributed by atoms with E-state index in [1.54, 1.807) is 12.1 Å². The number of rotatable bonds is 5. The van der Waals surface area contributed by atoms with Crippen LogP contribution < -0.4 is 4.87 Å². The highest BCUT2D eigenvalue weighted by molar-refractivity contribution is 7.03. The van der Waals surface area contributed by atoms with Crippen molar-refractivity contribution in [2.24, 2.45) is 0 Å². The van der Waals surface area contributed by atoms with Gasteiger partial charge in [-0.15, -0.1) is 0 Å². The summed E-state index contributed by atoms with van der Waals surface area (Å²) in [5, 5.41) is 9.78. The largest absolute Gasteiger partial charge is 0.478 e. The molecule has 0 atom stereocenters. The number of nitrogens with one attached hydrogen (secondary N) is 1. The fraction of sp³-hybridized carbons (Fsp3) is 0.154. The monoisotopic (exact) mass is 468 g/mol. The summed E-state index contributed by atoms with van der Waals surface area (Å²) in [7, 11) is 0. The van der Waals surface area contributed by atoms with Gasteiger partial charge in [-0.1, -0.05) is 36.4 Å². The molecule has 0 bridgehead atoms. The Morgan fingerprint density at radius 2 is 1.85 bits per heavy atom. The third-order valence-corrected chi connectivity index (χ3v) is 6.84. The van der Waals surface area contributed by atoms with E-state index in [4.69, 9.17) is 0 Å². The molecule has 1 saturated carbocycles. The number of carboxylic acids is 1. The molecule has 5 aromatic rings. The highest BCUT2D eigenvalue weighted by atomic mass is 32.1. The van der Waals surface area contributed by atoms with Crippen LogP contribution in [0.5, 0.6) is 0 Å². The Bertz CT molecular complexity index is 1640. The molecule has 0 radical (unpaired) electrons. The van der Waals surface area contributed by atoms with Gasteiger partial charge >= 0.3 is 10.8 Å². The zero-order chi connectivity index (χ0) is 23.4. The predicted molar refractivity (Wildman–Crippen MR) is 132 cm³/mol. The number of fused-ring (bicyclic) bond motifs is 1. The highest BCUT2D eigenvalue weighted by Gasteiger charge is 2.28. The molecule has 0 amide bonds. The van der Waals surface area contributed by atoms with E-state index in [9.17, 15) is 14.7 Å². The molecule has 2 aromatic heterocycles. The van der Waals surface area contributed by atoms with Crippen LogP contribution in [-0.4, -0.2) is 30.0 Å². The van der Waals surface area contributed by atoms with Gasteiger partial charge in [-0.25, -0.2) is 9.78 Å². The molecule has 0 unspecified atom stereocenters. The van der Waals surface area contributed by atoms with Crippen molar-refractivity contribution in [1.29, 1.82) is 0 Å². The van der Waals surface area contributed by atoms with E-state index in [0.717, 1.165) is 52.6 Å². The lowest BCUT2D eigenvalue weighted by atomic mass is 9.92. The number of nitrogens with zero attached hydrogens (tertiary/aromatic N) is 3. The van der Waals surface area contributed by atoms with Crippen molar-refractivity contribution in [2.45, 2.75) is 25.7 Å². The number of imidazole rings is 1. The second kappa shape index (κ2) is 7.78. The lowest BCUT2D eigenvalue weighted by Gasteiger charge is -2.16. The maximum atomic E-state index is 11.9. The van der Waals surface area contributed by atoms with E-state index in [-0.39, 0.29) is 10.4 Å². The molecule has 168 valence electrons. The Morgan fingerprint density at radius 3 is 2.56 bits per heavy atom. The van der Waals surface area contributed by atoms with Crippen molar-refractivity contribution in [2.75, 3.05) is 0 Å². The van der Waals surface area contributed by atoms with Crippen molar-refractivity contribution in [3.63, 3.8) is 0 Å². The molecule has 6 rings (SSSR count). The molecule has 2 N–H and O–H groups in total. The van der Waals surface area contributed by atoms with Crippen LogP contribution in [-0.2, 0) is 0 Å². The van der Waals surface area contributed by atoms with Crippen LogP contribution >= 0.6 is 11.5 Å². The molecular weight excluding hydrogens is 448 g/mol. The number of aromatic amines is 1. The predicted octanol–water partition coefficient (Wildman–Crippen LogP) is 5.39. The first-order valence-electron chi connectivity index (χ1n) is 11.0. The van der Waals surface area contributed by atoms with Gasteiger partial charge in [-0.05, 0) is 66.6 Å². The second-order valence-electron chi connectivity index (χ2n) is 8.51. The van der Waals surface area contributed by atoms with Crippen molar-refractivity contribution >= 4 is 28.5 Å². The van der Waals surface area contributed by atoms with Crippen molar-refractivity contribution in [1.82, 2.24) is 18.9 Å². The van der Waals surface area contributed by atoms with Crippen LogP contribution in [0.15, 0.2) is 65.5 Å². The van der Waals surface area contributed by atoms with E-state index >= 15 is 0 Å². The maximum absolute atomic E-state index is 11.9. The van der Waals surface area contributed by atoms with E-state index in [1.807, 2.05) is 47.9 Å². The van der Waals surface area contributed by atoms with Crippen LogP contribution in [0.25, 0.3) is 39.2 Å². The summed E-state index contributed by atoms with van der Waals surface area (Å²) in [6.45, 7) is 1.89. The summed E-state index contributed by atoms with van der Waals surface area (Å²) in [6.07, 6.45) is 2.21. The summed E-state index contributed by atoms with van der Waals surface area (Å²) in [5.74, 6) is 0.765. The van der Waals surface area contributed by atoms with Gasteiger partial charge in [-0.2, -0.15) is 4.37 Å². The molecule has 34 heavy (non-hydrogen) atoms. The molecule has 8 heteroatoms. The van der Waals surface area contributed by atoms with Crippen LogP contribution in [0.3, 0.4) is 0 Å². The average Bonchev–Trinajstić information content (AvgIpc) is 3.51. The topological polar surface area (TPSA) is 101 Å². The van der Waals surface area contributed by atoms with Crippen LogP contribution in [0.1, 0.15) is 40.5 Å². The zero-order valence-electron chi connectivity index (χ0n) is 18.3. The maximum Gasteiger partial charge on any atom is 0.337 e. The first kappa shape index (κ1) is 20.6. The summed E-state index contributed by atoms with van der Waals surface area (Å²) < 4.78 is 6.23. The van der Waals surface area contributed by atoms with E-state index in [0.29, 0.717) is 22.8 Å². The molecule has 0 aliphatic heterocycles. The summed E-state index contributed by atoms with van der Waals surface area (Å²) >= 11 is 0.914. The summed E-state index contributed by atoms with van der Waals surface area (Å²) in [6, 6.07) is 19.4. The molecule has 7 nitrogen and oxygen atoms in total. The number of aryl methyl sites for hydroxylation is 1. The standard InChI is InChI=1S/C26H20N4O3S/c1-14-27-22-8-4-7-20(25(31)32)23(22)30(14)16-11-12-18(21(13-16)15-9-10-15)17-5-2-3-6-19(17)24-28-26(33)34-29-24/h2-8,11-13,15H,9-10H2,1H3,(H,31,32)(H,28,29,33). The number of hydrogen-bond acceptors (Lipinski definition) is 5. The Balaban J connectivity index is 1.56. The van der Waals surface area contributed by atoms with Crippen LogP contribution in [0.4, 0.5) is 0 Å². The van der Waals surface area contributed by atoms with Gasteiger partial charge < -0.3 is 5.11 Å². The van der Waals surface area contributed by atoms with Gasteiger partial charge in [0.25, 0.3) is 0 Å². The smallest absolute Gasteiger partial charge is 0.337 e. The molecule has 2 heterocycles. The Morgan fingerprint density at radius 1 is 1.06 bits per heavy atom. The number of benzene rings is 3. The Labute approximate surface area is 198 Å². The quantitative estimate of drug-likeness (QED) is 0.360. The molecule has 0 spiro atoms. The van der Waals surface area contributed by atoms with Gasteiger partial charge in [-0.3, -0.25) is 14.3 Å². The van der Waals surface area contributed by atoms with Gasteiger partial charge in [0.2, 0.25) is 0 Å². The fourth-order valence-corrected chi connectivity index (χ4v) is 5.13. The summed E-state index contributed by atoms with van der Waals surface area (Å²) in [4.78, 5) is 30.9. The van der Waals surface area contributed by atoms with Crippen LogP contribution in [0, 0.1) is 6.92 Å². The molecule has 0 saturated heterocycles. The molecule has 1 fully saturated rings. The minimum absolute atomic E-state index is 0.181. The number of aromatic carboxylic acids is 1. The Hall–Kier alpha value is -4.04. The van der Waals surface area contributed by atoms with Crippen molar-refractivity contribution < 1.29 is 9.90 Å². The molecule has 1 aliphatic rings. The third-order valence-electron chi connectivity index (χ3n) is 6.30. The average molecular weight is 469 g/mol. The number of carbonyl (C=O) groups is 1. The third kappa shape index (κ3) is 3.34. The van der Waals surface area contributed by atoms with Gasteiger partial charge in [0.1, 0.15) is 5.82 Å². The van der Waals surface area contributed by atoms with Gasteiger partial charge in [0.05, 0.1) is 16.6 Å². The van der Waals surface area contributed by atoms with Gasteiger partial charge in [0.15, 0.2) is 5.82 Å². The van der Waals surface area contributed by atoms with E-state index in [1.165, 1.54) is 5.56 Å². The second-order valence-corrected chi connectivity index (χ2v) is 9.24. The number of para-hydroxylation sites is 1. The summed E-state index contributed by atoms with van der Waals surface area (Å²) in [5.41, 5.74) is 6.57. The van der Waals surface area contributed by atoms with Crippen molar-refractivity contribution in [3.05, 3.63) is 87.3 Å². The number of hydrogen-bond donors (Lipinski definition) is 2. The highest BCUT2D eigenvalue weighted by Crippen LogP contribution is 2.46. The van der Waals surface area contributed by atoms with E-state index < -0.39 is 5.97 Å². The molecule has 1 aliphatic carbocycles.